The Morgan fingerprint density at radius 1 is 1.43 bits per heavy atom. The molecule has 0 aliphatic rings. The van der Waals surface area contributed by atoms with Gasteiger partial charge in [-0.25, -0.2) is 0 Å². The molecule has 0 aliphatic heterocycles. The minimum Gasteiger partial charge on any atom is -0.352 e. The van der Waals surface area contributed by atoms with E-state index in [9.17, 15) is 4.79 Å². The number of aromatic nitrogens is 3. The van der Waals surface area contributed by atoms with Gasteiger partial charge >= 0.3 is 0 Å². The van der Waals surface area contributed by atoms with Gasteiger partial charge < -0.3 is 9.88 Å². The molecule has 0 bridgehead atoms. The van der Waals surface area contributed by atoms with Gasteiger partial charge in [0, 0.05) is 19.2 Å². The number of rotatable bonds is 6. The maximum atomic E-state index is 11.9. The molecule has 1 heterocycles. The number of amides is 1. The lowest BCUT2D eigenvalue weighted by molar-refractivity contribution is -0.120. The van der Waals surface area contributed by atoms with Gasteiger partial charge in [-0.05, 0) is 6.92 Å². The number of carbonyl (C=O) groups excluding carboxylic acids is 1. The lowest BCUT2D eigenvalue weighted by Gasteiger charge is -2.10. The summed E-state index contributed by atoms with van der Waals surface area (Å²) in [7, 11) is 1.90. The van der Waals surface area contributed by atoms with E-state index in [1.165, 1.54) is 11.8 Å². The van der Waals surface area contributed by atoms with Gasteiger partial charge in [-0.15, -0.1) is 16.8 Å². The van der Waals surface area contributed by atoms with Gasteiger partial charge in [0.2, 0.25) is 5.91 Å². The highest BCUT2D eigenvalue weighted by atomic mass is 32.2. The first-order chi connectivity index (χ1) is 10.1. The van der Waals surface area contributed by atoms with Gasteiger partial charge in [0.05, 0.1) is 5.25 Å². The van der Waals surface area contributed by atoms with Crippen molar-refractivity contribution in [2.24, 2.45) is 7.05 Å². The molecule has 1 N–H and O–H groups in total. The van der Waals surface area contributed by atoms with Crippen LogP contribution in [0.15, 0.2) is 48.1 Å². The van der Waals surface area contributed by atoms with E-state index >= 15 is 0 Å². The summed E-state index contributed by atoms with van der Waals surface area (Å²) in [5.41, 5.74) is 1.00. The van der Waals surface area contributed by atoms with Crippen molar-refractivity contribution >= 4 is 17.7 Å². The van der Waals surface area contributed by atoms with Gasteiger partial charge in [-0.2, -0.15) is 0 Å². The molecule has 0 saturated carbocycles. The number of carbonyl (C=O) groups is 1. The van der Waals surface area contributed by atoms with Gasteiger partial charge in [0.25, 0.3) is 0 Å². The molecule has 2 aromatic rings. The summed E-state index contributed by atoms with van der Waals surface area (Å²) in [4.78, 5) is 11.9. The highest BCUT2D eigenvalue weighted by molar-refractivity contribution is 8.00. The van der Waals surface area contributed by atoms with Crippen molar-refractivity contribution in [3.8, 4) is 11.4 Å². The fraction of sp³-hybridized carbons (Fsp3) is 0.267. The third-order valence-corrected chi connectivity index (χ3v) is 4.07. The Morgan fingerprint density at radius 3 is 2.81 bits per heavy atom. The molecule has 0 spiro atoms. The summed E-state index contributed by atoms with van der Waals surface area (Å²) in [6.45, 7) is 5.90. The molecule has 110 valence electrons. The van der Waals surface area contributed by atoms with Gasteiger partial charge in [0.15, 0.2) is 11.0 Å². The fourth-order valence-corrected chi connectivity index (χ4v) is 2.62. The summed E-state index contributed by atoms with van der Waals surface area (Å²) >= 11 is 1.39. The predicted molar refractivity (Wildman–Crippen MR) is 85.0 cm³/mol. The van der Waals surface area contributed by atoms with E-state index in [1.54, 1.807) is 6.08 Å². The normalized spacial score (nSPS) is 11.9. The minimum absolute atomic E-state index is 0.0378. The van der Waals surface area contributed by atoms with Crippen LogP contribution in [0.3, 0.4) is 0 Å². The molecular formula is C15H18N4OS. The van der Waals surface area contributed by atoms with Crippen LogP contribution >= 0.6 is 11.8 Å². The zero-order valence-electron chi connectivity index (χ0n) is 12.1. The number of benzene rings is 1. The quantitative estimate of drug-likeness (QED) is 0.657. The van der Waals surface area contributed by atoms with E-state index < -0.39 is 0 Å². The Labute approximate surface area is 128 Å². The summed E-state index contributed by atoms with van der Waals surface area (Å²) in [5, 5.41) is 11.6. The second-order valence-electron chi connectivity index (χ2n) is 4.53. The van der Waals surface area contributed by atoms with Crippen molar-refractivity contribution in [1.82, 2.24) is 20.1 Å². The molecule has 0 saturated heterocycles. The van der Waals surface area contributed by atoms with Crippen molar-refractivity contribution in [2.75, 3.05) is 6.54 Å². The second-order valence-corrected chi connectivity index (χ2v) is 5.83. The number of nitrogens with zero attached hydrogens (tertiary/aromatic N) is 3. The third kappa shape index (κ3) is 3.72. The first kappa shape index (κ1) is 15.3. The average Bonchev–Trinajstić information content (AvgIpc) is 2.86. The zero-order chi connectivity index (χ0) is 15.2. The Hall–Kier alpha value is -2.08. The number of thioether (sulfide) groups is 1. The molecular weight excluding hydrogens is 284 g/mol. The van der Waals surface area contributed by atoms with Crippen LogP contribution in [0.25, 0.3) is 11.4 Å². The SMILES string of the molecule is C=CCNC(=O)C(C)Sc1nnc(-c2ccccc2)n1C. The highest BCUT2D eigenvalue weighted by Crippen LogP contribution is 2.25. The van der Waals surface area contributed by atoms with E-state index in [4.69, 9.17) is 0 Å². The third-order valence-electron chi connectivity index (χ3n) is 2.94. The van der Waals surface area contributed by atoms with Gasteiger partial charge in [-0.1, -0.05) is 48.2 Å². The molecule has 1 aromatic carbocycles. The molecule has 0 fully saturated rings. The van der Waals surface area contributed by atoms with Crippen molar-refractivity contribution < 1.29 is 4.79 Å². The lowest BCUT2D eigenvalue weighted by atomic mass is 10.2. The summed E-state index contributed by atoms with van der Waals surface area (Å²) in [6.07, 6.45) is 1.66. The zero-order valence-corrected chi connectivity index (χ0v) is 12.9. The number of hydrogen-bond donors (Lipinski definition) is 1. The number of hydrogen-bond acceptors (Lipinski definition) is 4. The fourth-order valence-electron chi connectivity index (χ4n) is 1.78. The molecule has 1 aromatic heterocycles. The van der Waals surface area contributed by atoms with Crippen LogP contribution in [0.2, 0.25) is 0 Å². The van der Waals surface area contributed by atoms with Crippen LogP contribution < -0.4 is 5.32 Å². The van der Waals surface area contributed by atoms with Crippen LogP contribution in [0, 0.1) is 0 Å². The largest absolute Gasteiger partial charge is 0.352 e. The van der Waals surface area contributed by atoms with Crippen LogP contribution in [-0.4, -0.2) is 32.5 Å². The second kappa shape index (κ2) is 7.08. The molecule has 21 heavy (non-hydrogen) atoms. The van der Waals surface area contributed by atoms with Crippen LogP contribution in [0.5, 0.6) is 0 Å². The molecule has 5 nitrogen and oxygen atoms in total. The average molecular weight is 302 g/mol. The molecule has 0 radical (unpaired) electrons. The first-order valence-electron chi connectivity index (χ1n) is 6.63. The van der Waals surface area contributed by atoms with E-state index in [-0.39, 0.29) is 11.2 Å². The highest BCUT2D eigenvalue weighted by Gasteiger charge is 2.18. The maximum absolute atomic E-state index is 11.9. The standard InChI is InChI=1S/C15H18N4OS/c1-4-10-16-14(20)11(2)21-15-18-17-13(19(15)3)12-8-6-5-7-9-12/h4-9,11H,1,10H2,2-3H3,(H,16,20). The van der Waals surface area contributed by atoms with E-state index in [1.807, 2.05) is 48.9 Å². The number of nitrogens with one attached hydrogen (secondary N) is 1. The van der Waals surface area contributed by atoms with Crippen molar-refractivity contribution in [3.05, 3.63) is 43.0 Å². The summed E-state index contributed by atoms with van der Waals surface area (Å²) in [5.74, 6) is 0.751. The Bertz CT molecular complexity index is 624. The Balaban J connectivity index is 2.10. The molecule has 1 unspecified atom stereocenters. The topological polar surface area (TPSA) is 59.8 Å². The van der Waals surface area contributed by atoms with E-state index in [0.717, 1.165) is 16.5 Å². The minimum atomic E-state index is -0.239. The predicted octanol–water partition coefficient (Wildman–Crippen LogP) is 2.26. The molecule has 6 heteroatoms. The Morgan fingerprint density at radius 2 is 2.14 bits per heavy atom. The van der Waals surface area contributed by atoms with E-state index in [0.29, 0.717) is 6.54 Å². The van der Waals surface area contributed by atoms with Crippen LogP contribution in [0.4, 0.5) is 0 Å². The molecule has 1 atom stereocenters. The summed E-state index contributed by atoms with van der Waals surface area (Å²) < 4.78 is 1.90. The van der Waals surface area contributed by atoms with Crippen molar-refractivity contribution in [3.63, 3.8) is 0 Å². The van der Waals surface area contributed by atoms with Crippen molar-refractivity contribution in [1.29, 1.82) is 0 Å². The van der Waals surface area contributed by atoms with Crippen LogP contribution in [0.1, 0.15) is 6.92 Å². The van der Waals surface area contributed by atoms with Crippen molar-refractivity contribution in [2.45, 2.75) is 17.3 Å². The first-order valence-corrected chi connectivity index (χ1v) is 7.51. The lowest BCUT2D eigenvalue weighted by Crippen LogP contribution is -2.31. The Kier molecular flexibility index (Phi) is 5.16. The van der Waals surface area contributed by atoms with Crippen LogP contribution in [-0.2, 0) is 11.8 Å². The van der Waals surface area contributed by atoms with E-state index in [2.05, 4.69) is 22.1 Å². The molecule has 0 aliphatic carbocycles. The summed E-state index contributed by atoms with van der Waals surface area (Å²) in [6, 6.07) is 9.85. The maximum Gasteiger partial charge on any atom is 0.233 e. The van der Waals surface area contributed by atoms with Gasteiger partial charge in [-0.3, -0.25) is 4.79 Å². The monoisotopic (exact) mass is 302 g/mol. The smallest absolute Gasteiger partial charge is 0.233 e. The van der Waals surface area contributed by atoms with Gasteiger partial charge in [0.1, 0.15) is 0 Å². The molecule has 2 rings (SSSR count). The molecule has 1 amide bonds.